The number of imidazole rings is 1. The van der Waals surface area contributed by atoms with E-state index in [1.807, 2.05) is 38.2 Å². The Morgan fingerprint density at radius 2 is 2.12 bits per heavy atom. The topological polar surface area (TPSA) is 68.5 Å². The first kappa shape index (κ1) is 15.6. The Kier molecular flexibility index (Phi) is 3.28. The molecule has 132 valence electrons. The summed E-state index contributed by atoms with van der Waals surface area (Å²) in [6.45, 7) is 1.98. The number of aromatic amines is 1. The first-order chi connectivity index (χ1) is 12.6. The minimum Gasteiger partial charge on any atom is -0.330 e. The van der Waals surface area contributed by atoms with Crippen molar-refractivity contribution >= 4 is 33.5 Å². The zero-order chi connectivity index (χ0) is 18.0. The number of pyridine rings is 1. The van der Waals surface area contributed by atoms with E-state index in [9.17, 15) is 4.79 Å². The number of nitrogens with one attached hydrogen (secondary N) is 1. The standard InChI is InChI=1S/C19H18ClN5O/c1-10(14-7-8-21-23-14)25-15-9-12(20)5-6-13(15)17-16(19(25)26)22-18(24(17)2)11-3-4-11/h5-11H,3-4H2,1-2H3,(H,21,23). The molecular weight excluding hydrogens is 350 g/mol. The molecule has 1 aliphatic rings. The van der Waals surface area contributed by atoms with Gasteiger partial charge < -0.3 is 4.57 Å². The second-order valence-corrected chi connectivity index (χ2v) is 7.46. The van der Waals surface area contributed by atoms with E-state index in [-0.39, 0.29) is 11.6 Å². The van der Waals surface area contributed by atoms with Crippen molar-refractivity contribution in [3.05, 3.63) is 57.4 Å². The lowest BCUT2D eigenvalue weighted by atomic mass is 10.1. The lowest BCUT2D eigenvalue weighted by molar-refractivity contribution is 0.621. The molecule has 0 bridgehead atoms. The SMILES string of the molecule is CC(c1ccn[nH]1)n1c(=O)c2nc(C3CC3)n(C)c2c2ccc(Cl)cc21. The molecule has 3 heterocycles. The zero-order valence-corrected chi connectivity index (χ0v) is 15.3. The quantitative estimate of drug-likeness (QED) is 0.599. The van der Waals surface area contributed by atoms with Gasteiger partial charge in [-0.25, -0.2) is 4.98 Å². The molecule has 1 saturated carbocycles. The van der Waals surface area contributed by atoms with Gasteiger partial charge in [-0.1, -0.05) is 11.6 Å². The molecule has 0 spiro atoms. The summed E-state index contributed by atoms with van der Waals surface area (Å²) in [4.78, 5) is 18.2. The Hall–Kier alpha value is -2.60. The molecule has 5 rings (SSSR count). The molecule has 3 aromatic heterocycles. The molecule has 1 unspecified atom stereocenters. The molecule has 1 atom stereocenters. The van der Waals surface area contributed by atoms with Crippen LogP contribution in [0.3, 0.4) is 0 Å². The van der Waals surface area contributed by atoms with Gasteiger partial charge in [0.25, 0.3) is 5.56 Å². The number of hydrogen-bond acceptors (Lipinski definition) is 3. The number of halogens is 1. The van der Waals surface area contributed by atoms with Crippen LogP contribution >= 0.6 is 11.6 Å². The third-order valence-corrected chi connectivity index (χ3v) is 5.56. The van der Waals surface area contributed by atoms with E-state index >= 15 is 0 Å². The second-order valence-electron chi connectivity index (χ2n) is 7.03. The van der Waals surface area contributed by atoms with Crippen LogP contribution in [0.15, 0.2) is 35.3 Å². The number of nitrogens with zero attached hydrogens (tertiary/aromatic N) is 4. The lowest BCUT2D eigenvalue weighted by Gasteiger charge is -2.18. The maximum absolute atomic E-state index is 13.4. The molecule has 4 aromatic rings. The Bertz CT molecular complexity index is 1200. The van der Waals surface area contributed by atoms with Gasteiger partial charge in [0.15, 0.2) is 5.52 Å². The van der Waals surface area contributed by atoms with Gasteiger partial charge in [0.2, 0.25) is 0 Å². The molecule has 1 N–H and O–H groups in total. The van der Waals surface area contributed by atoms with Crippen LogP contribution in [0.1, 0.15) is 43.2 Å². The normalized spacial score (nSPS) is 15.8. The fourth-order valence-corrected chi connectivity index (χ4v) is 4.00. The monoisotopic (exact) mass is 367 g/mol. The smallest absolute Gasteiger partial charge is 0.279 e. The summed E-state index contributed by atoms with van der Waals surface area (Å²) in [7, 11) is 2.00. The predicted molar refractivity (Wildman–Crippen MR) is 102 cm³/mol. The van der Waals surface area contributed by atoms with E-state index in [2.05, 4.69) is 14.8 Å². The van der Waals surface area contributed by atoms with Gasteiger partial charge in [-0.05, 0) is 44.0 Å². The third-order valence-electron chi connectivity index (χ3n) is 5.33. The summed E-state index contributed by atoms with van der Waals surface area (Å²) in [5.41, 5.74) is 2.99. The molecule has 0 radical (unpaired) electrons. The van der Waals surface area contributed by atoms with E-state index < -0.39 is 0 Å². The van der Waals surface area contributed by atoms with Gasteiger partial charge in [-0.2, -0.15) is 5.10 Å². The van der Waals surface area contributed by atoms with Crippen LogP contribution in [0.4, 0.5) is 0 Å². The first-order valence-corrected chi connectivity index (χ1v) is 9.13. The highest BCUT2D eigenvalue weighted by atomic mass is 35.5. The van der Waals surface area contributed by atoms with E-state index in [0.717, 1.165) is 40.8 Å². The van der Waals surface area contributed by atoms with Gasteiger partial charge in [0.1, 0.15) is 5.82 Å². The molecule has 0 amide bonds. The lowest BCUT2D eigenvalue weighted by Crippen LogP contribution is -2.25. The van der Waals surface area contributed by atoms with Gasteiger partial charge in [-0.3, -0.25) is 14.5 Å². The summed E-state index contributed by atoms with van der Waals surface area (Å²) < 4.78 is 3.84. The van der Waals surface area contributed by atoms with Crippen LogP contribution in [0.5, 0.6) is 0 Å². The Labute approximate surface area is 154 Å². The van der Waals surface area contributed by atoms with Gasteiger partial charge in [-0.15, -0.1) is 0 Å². The summed E-state index contributed by atoms with van der Waals surface area (Å²) in [6, 6.07) is 7.37. The largest absolute Gasteiger partial charge is 0.330 e. The predicted octanol–water partition coefficient (Wildman–Crippen LogP) is 3.75. The minimum atomic E-state index is -0.207. The fourth-order valence-electron chi connectivity index (χ4n) is 3.83. The average Bonchev–Trinajstić information content (AvgIpc) is 3.18. The molecule has 26 heavy (non-hydrogen) atoms. The van der Waals surface area contributed by atoms with E-state index in [0.29, 0.717) is 16.5 Å². The van der Waals surface area contributed by atoms with Crippen LogP contribution in [-0.2, 0) is 7.05 Å². The van der Waals surface area contributed by atoms with Gasteiger partial charge in [0, 0.05) is 29.6 Å². The van der Waals surface area contributed by atoms with E-state index in [1.165, 1.54) is 0 Å². The molecule has 1 aliphatic carbocycles. The van der Waals surface area contributed by atoms with Gasteiger partial charge >= 0.3 is 0 Å². The molecule has 0 saturated heterocycles. The molecule has 1 aromatic carbocycles. The molecule has 6 nitrogen and oxygen atoms in total. The van der Waals surface area contributed by atoms with E-state index in [1.54, 1.807) is 10.8 Å². The fraction of sp³-hybridized carbons (Fsp3) is 0.316. The van der Waals surface area contributed by atoms with Crippen molar-refractivity contribution < 1.29 is 0 Å². The zero-order valence-electron chi connectivity index (χ0n) is 14.5. The number of hydrogen-bond donors (Lipinski definition) is 1. The Morgan fingerprint density at radius 1 is 1.31 bits per heavy atom. The summed E-state index contributed by atoms with van der Waals surface area (Å²) in [6.07, 6.45) is 3.97. The number of aromatic nitrogens is 5. The van der Waals surface area contributed by atoms with Crippen molar-refractivity contribution in [1.29, 1.82) is 0 Å². The maximum atomic E-state index is 13.4. The second kappa shape index (κ2) is 5.45. The highest BCUT2D eigenvalue weighted by Crippen LogP contribution is 2.41. The van der Waals surface area contributed by atoms with Crippen LogP contribution in [0.25, 0.3) is 21.9 Å². The number of benzene rings is 1. The summed E-state index contributed by atoms with van der Waals surface area (Å²) in [5.74, 6) is 1.47. The summed E-state index contributed by atoms with van der Waals surface area (Å²) >= 11 is 6.27. The molecule has 0 aliphatic heterocycles. The molecule has 1 fully saturated rings. The van der Waals surface area contributed by atoms with Crippen molar-refractivity contribution in [3.63, 3.8) is 0 Å². The number of rotatable bonds is 3. The Balaban J connectivity index is 1.92. The van der Waals surface area contributed by atoms with Crippen molar-refractivity contribution in [2.45, 2.75) is 31.7 Å². The van der Waals surface area contributed by atoms with Crippen LogP contribution in [0.2, 0.25) is 5.02 Å². The summed E-state index contributed by atoms with van der Waals surface area (Å²) in [5, 5.41) is 8.58. The molecule has 7 heteroatoms. The number of H-pyrrole nitrogens is 1. The third kappa shape index (κ3) is 2.15. The Morgan fingerprint density at radius 3 is 2.81 bits per heavy atom. The van der Waals surface area contributed by atoms with Crippen LogP contribution in [-0.4, -0.2) is 24.3 Å². The average molecular weight is 368 g/mol. The number of fused-ring (bicyclic) bond motifs is 3. The minimum absolute atomic E-state index is 0.0978. The number of aryl methyl sites for hydroxylation is 1. The van der Waals surface area contributed by atoms with Crippen LogP contribution < -0.4 is 5.56 Å². The van der Waals surface area contributed by atoms with Gasteiger partial charge in [0.05, 0.1) is 22.8 Å². The first-order valence-electron chi connectivity index (χ1n) is 8.75. The van der Waals surface area contributed by atoms with E-state index in [4.69, 9.17) is 16.6 Å². The van der Waals surface area contributed by atoms with Crippen molar-refractivity contribution in [1.82, 2.24) is 24.3 Å². The maximum Gasteiger partial charge on any atom is 0.279 e. The molecular formula is C19H18ClN5O. The highest BCUT2D eigenvalue weighted by Gasteiger charge is 2.30. The van der Waals surface area contributed by atoms with Crippen LogP contribution in [0, 0.1) is 0 Å². The highest BCUT2D eigenvalue weighted by molar-refractivity contribution is 6.31. The van der Waals surface area contributed by atoms with Crippen molar-refractivity contribution in [3.8, 4) is 0 Å². The van der Waals surface area contributed by atoms with Crippen molar-refractivity contribution in [2.24, 2.45) is 7.05 Å². The van der Waals surface area contributed by atoms with Crippen molar-refractivity contribution in [2.75, 3.05) is 0 Å².